The molecule has 0 spiro atoms. The van der Waals surface area contributed by atoms with Gasteiger partial charge in [0.15, 0.2) is 6.10 Å². The number of pyridine rings is 1. The Morgan fingerprint density at radius 3 is 2.48 bits per heavy atom. The number of carbonyl (C=O) groups excluding carboxylic acids is 2. The van der Waals surface area contributed by atoms with Crippen molar-refractivity contribution in [1.82, 2.24) is 10.1 Å². The Morgan fingerprint density at radius 1 is 1.18 bits per heavy atom. The molecule has 1 atom stereocenters. The predicted molar refractivity (Wildman–Crippen MR) is 115 cm³/mol. The molecule has 0 aliphatic rings. The van der Waals surface area contributed by atoms with E-state index in [2.05, 4.69) is 15.5 Å². The Balaban J connectivity index is 1.63. The van der Waals surface area contributed by atoms with Crippen LogP contribution >= 0.6 is 11.8 Å². The van der Waals surface area contributed by atoms with Gasteiger partial charge in [0.05, 0.1) is 16.8 Å². The van der Waals surface area contributed by atoms with Gasteiger partial charge >= 0.3 is 12.1 Å². The summed E-state index contributed by atoms with van der Waals surface area (Å²) in [5.41, 5.74) is 1.14. The molecule has 3 rings (SSSR count). The van der Waals surface area contributed by atoms with E-state index in [1.807, 2.05) is 6.92 Å². The number of rotatable bonds is 7. The number of esters is 1. The van der Waals surface area contributed by atoms with Crippen LogP contribution < -0.4 is 5.32 Å². The minimum atomic E-state index is -4.48. The van der Waals surface area contributed by atoms with Crippen molar-refractivity contribution in [1.29, 1.82) is 0 Å². The lowest BCUT2D eigenvalue weighted by Gasteiger charge is -2.15. The van der Waals surface area contributed by atoms with E-state index in [-0.39, 0.29) is 11.3 Å². The topological polar surface area (TPSA) is 94.3 Å². The highest BCUT2D eigenvalue weighted by atomic mass is 32.2. The molecule has 0 bridgehead atoms. The molecule has 1 amide bonds. The molecule has 0 aliphatic carbocycles. The number of carbonyl (C=O) groups is 2. The molecular formula is C22H20F3N3O4S. The monoisotopic (exact) mass is 479 g/mol. The van der Waals surface area contributed by atoms with Crippen molar-refractivity contribution >= 4 is 29.3 Å². The maximum atomic E-state index is 12.7. The van der Waals surface area contributed by atoms with Crippen molar-refractivity contribution in [3.8, 4) is 0 Å². The first kappa shape index (κ1) is 24.3. The number of hydrogen-bond acceptors (Lipinski definition) is 7. The van der Waals surface area contributed by atoms with Crippen molar-refractivity contribution in [3.63, 3.8) is 0 Å². The smallest absolute Gasteiger partial charge is 0.416 e. The molecular weight excluding hydrogens is 459 g/mol. The largest absolute Gasteiger partial charge is 0.449 e. The lowest BCUT2D eigenvalue weighted by Crippen LogP contribution is -2.30. The third kappa shape index (κ3) is 6.13. The summed E-state index contributed by atoms with van der Waals surface area (Å²) in [7, 11) is 0. The van der Waals surface area contributed by atoms with Gasteiger partial charge in [-0.05, 0) is 57.2 Å². The number of anilines is 1. The van der Waals surface area contributed by atoms with E-state index in [1.54, 1.807) is 13.0 Å². The summed E-state index contributed by atoms with van der Waals surface area (Å²) in [6.07, 6.45) is -4.14. The molecule has 0 radical (unpaired) electrons. The van der Waals surface area contributed by atoms with E-state index >= 15 is 0 Å². The Kier molecular flexibility index (Phi) is 7.42. The number of amides is 1. The highest BCUT2D eigenvalue weighted by Crippen LogP contribution is 2.30. The average Bonchev–Trinajstić information content (AvgIpc) is 3.09. The Hall–Kier alpha value is -3.34. The second kappa shape index (κ2) is 10.1. The fourth-order valence-corrected chi connectivity index (χ4v) is 3.91. The van der Waals surface area contributed by atoms with Crippen LogP contribution in [-0.4, -0.2) is 28.1 Å². The second-order valence-electron chi connectivity index (χ2n) is 7.06. The number of halogens is 3. The average molecular weight is 479 g/mol. The normalized spacial score (nSPS) is 12.3. The molecule has 0 saturated heterocycles. The fourth-order valence-electron chi connectivity index (χ4n) is 2.77. The molecule has 33 heavy (non-hydrogen) atoms. The maximum Gasteiger partial charge on any atom is 0.416 e. The van der Waals surface area contributed by atoms with Gasteiger partial charge in [-0.3, -0.25) is 4.79 Å². The van der Waals surface area contributed by atoms with Crippen LogP contribution in [0.3, 0.4) is 0 Å². The minimum absolute atomic E-state index is 0.146. The van der Waals surface area contributed by atoms with E-state index in [9.17, 15) is 22.8 Å². The standard InChI is InChI=1S/C22H20F3N3O4S/c1-12-18(13(2)32-28-12)11-33-20-17(5-4-10-26-20)21(30)31-14(3)19(29)27-16-8-6-15(7-9-16)22(23,24)25/h4-10,14H,11H2,1-3H3,(H,27,29). The summed E-state index contributed by atoms with van der Waals surface area (Å²) >= 11 is 1.30. The lowest BCUT2D eigenvalue weighted by molar-refractivity contribution is -0.137. The number of aryl methyl sites for hydroxylation is 2. The molecule has 11 heteroatoms. The Morgan fingerprint density at radius 2 is 1.88 bits per heavy atom. The molecule has 2 heterocycles. The fraction of sp³-hybridized carbons (Fsp3) is 0.273. The third-order valence-corrected chi connectivity index (χ3v) is 5.69. The van der Waals surface area contributed by atoms with Crippen molar-refractivity contribution in [2.24, 2.45) is 0 Å². The van der Waals surface area contributed by atoms with Crippen LogP contribution in [0.4, 0.5) is 18.9 Å². The van der Waals surface area contributed by atoms with E-state index in [1.165, 1.54) is 30.9 Å². The number of alkyl halides is 3. The zero-order valence-corrected chi connectivity index (χ0v) is 18.7. The first-order chi connectivity index (χ1) is 15.6. The number of ether oxygens (including phenoxy) is 1. The van der Waals surface area contributed by atoms with Crippen LogP contribution in [0.1, 0.15) is 39.9 Å². The van der Waals surface area contributed by atoms with Crippen molar-refractivity contribution < 1.29 is 32.0 Å². The number of thioether (sulfide) groups is 1. The molecule has 2 aromatic heterocycles. The van der Waals surface area contributed by atoms with Crippen LogP contribution in [0.25, 0.3) is 0 Å². The SMILES string of the molecule is Cc1noc(C)c1CSc1ncccc1C(=O)OC(C)C(=O)Nc1ccc(C(F)(F)F)cc1. The van der Waals surface area contributed by atoms with E-state index in [0.717, 1.165) is 35.5 Å². The molecule has 3 aromatic rings. The first-order valence-corrected chi connectivity index (χ1v) is 10.7. The van der Waals surface area contributed by atoms with Crippen LogP contribution in [0.15, 0.2) is 52.1 Å². The Labute approximate surface area is 191 Å². The van der Waals surface area contributed by atoms with E-state index in [0.29, 0.717) is 16.5 Å². The van der Waals surface area contributed by atoms with E-state index in [4.69, 9.17) is 9.26 Å². The molecule has 0 saturated carbocycles. The summed E-state index contributed by atoms with van der Waals surface area (Å²) in [5, 5.41) is 6.74. The van der Waals surface area contributed by atoms with Crippen LogP contribution in [-0.2, 0) is 21.5 Å². The summed E-state index contributed by atoms with van der Waals surface area (Å²) in [6.45, 7) is 4.97. The predicted octanol–water partition coefficient (Wildman–Crippen LogP) is 5.18. The molecule has 7 nitrogen and oxygen atoms in total. The summed E-state index contributed by atoms with van der Waals surface area (Å²) in [6, 6.07) is 7.06. The third-order valence-electron chi connectivity index (χ3n) is 4.66. The summed E-state index contributed by atoms with van der Waals surface area (Å²) < 4.78 is 48.4. The van der Waals surface area contributed by atoms with Gasteiger partial charge in [-0.1, -0.05) is 5.16 Å². The number of hydrogen-bond donors (Lipinski definition) is 1. The molecule has 174 valence electrons. The van der Waals surface area contributed by atoms with Crippen LogP contribution in [0, 0.1) is 13.8 Å². The van der Waals surface area contributed by atoms with Gasteiger partial charge in [0.1, 0.15) is 10.8 Å². The molecule has 1 N–H and O–H groups in total. The second-order valence-corrected chi connectivity index (χ2v) is 8.02. The van der Waals surface area contributed by atoms with Gasteiger partial charge in [0.25, 0.3) is 5.91 Å². The lowest BCUT2D eigenvalue weighted by atomic mass is 10.2. The summed E-state index contributed by atoms with van der Waals surface area (Å²) in [4.78, 5) is 29.3. The quantitative estimate of drug-likeness (QED) is 0.369. The summed E-state index contributed by atoms with van der Waals surface area (Å²) in [5.74, 6) is -0.285. The molecule has 0 fully saturated rings. The zero-order valence-electron chi connectivity index (χ0n) is 17.9. The number of nitrogens with one attached hydrogen (secondary N) is 1. The van der Waals surface area contributed by atoms with Gasteiger partial charge in [0, 0.05) is 23.2 Å². The molecule has 1 aromatic carbocycles. The van der Waals surface area contributed by atoms with Gasteiger partial charge in [-0.15, -0.1) is 11.8 Å². The highest BCUT2D eigenvalue weighted by molar-refractivity contribution is 7.98. The van der Waals surface area contributed by atoms with Crippen LogP contribution in [0.2, 0.25) is 0 Å². The minimum Gasteiger partial charge on any atom is -0.449 e. The maximum absolute atomic E-state index is 12.7. The van der Waals surface area contributed by atoms with Gasteiger partial charge in [0.2, 0.25) is 0 Å². The number of aromatic nitrogens is 2. The van der Waals surface area contributed by atoms with Gasteiger partial charge in [-0.25, -0.2) is 9.78 Å². The number of benzene rings is 1. The van der Waals surface area contributed by atoms with Gasteiger partial charge in [-0.2, -0.15) is 13.2 Å². The zero-order chi connectivity index (χ0) is 24.2. The molecule has 1 unspecified atom stereocenters. The van der Waals surface area contributed by atoms with Crippen molar-refractivity contribution in [2.45, 2.75) is 43.8 Å². The van der Waals surface area contributed by atoms with E-state index < -0.39 is 29.7 Å². The van der Waals surface area contributed by atoms with Gasteiger partial charge < -0.3 is 14.6 Å². The van der Waals surface area contributed by atoms with Crippen LogP contribution in [0.5, 0.6) is 0 Å². The van der Waals surface area contributed by atoms with Crippen molar-refractivity contribution in [3.05, 3.63) is 70.7 Å². The Bertz CT molecular complexity index is 1130. The molecule has 0 aliphatic heterocycles. The number of nitrogens with zero attached hydrogens (tertiary/aromatic N) is 2. The highest BCUT2D eigenvalue weighted by Gasteiger charge is 2.30. The van der Waals surface area contributed by atoms with Crippen molar-refractivity contribution in [2.75, 3.05) is 5.32 Å². The first-order valence-electron chi connectivity index (χ1n) is 9.75.